The third-order valence-electron chi connectivity index (χ3n) is 6.54. The van der Waals surface area contributed by atoms with Crippen molar-refractivity contribution in [2.45, 2.75) is 64.7 Å². The number of nitrogens with zero attached hydrogens (tertiary/aromatic N) is 2. The molecule has 0 aromatic heterocycles. The smallest absolute Gasteiger partial charge is 0.336 e. The van der Waals surface area contributed by atoms with E-state index in [4.69, 9.17) is 4.74 Å². The summed E-state index contributed by atoms with van der Waals surface area (Å²) in [5, 5.41) is 29.3. The van der Waals surface area contributed by atoms with Gasteiger partial charge in [-0.3, -0.25) is 0 Å². The fraction of sp³-hybridized carbons (Fsp3) is 0.444. The molecule has 166 valence electrons. The van der Waals surface area contributed by atoms with E-state index in [2.05, 4.69) is 19.1 Å². The van der Waals surface area contributed by atoms with Gasteiger partial charge in [0, 0.05) is 5.56 Å². The molecule has 0 spiro atoms. The molecule has 1 saturated carbocycles. The van der Waals surface area contributed by atoms with Crippen LogP contribution in [-0.2, 0) is 0 Å². The Bertz CT molecular complexity index is 1050. The van der Waals surface area contributed by atoms with Crippen LogP contribution in [0.3, 0.4) is 0 Å². The van der Waals surface area contributed by atoms with Crippen LogP contribution in [-0.4, -0.2) is 17.7 Å². The largest absolute Gasteiger partial charge is 0.492 e. The van der Waals surface area contributed by atoms with Gasteiger partial charge in [0.1, 0.15) is 23.5 Å². The van der Waals surface area contributed by atoms with E-state index in [0.717, 1.165) is 24.3 Å². The lowest BCUT2D eigenvalue weighted by molar-refractivity contribution is 0.0697. The van der Waals surface area contributed by atoms with Crippen molar-refractivity contribution in [3.05, 3.63) is 52.6 Å². The first-order chi connectivity index (χ1) is 15.5. The van der Waals surface area contributed by atoms with Crippen LogP contribution in [0.5, 0.6) is 5.75 Å². The Kier molecular flexibility index (Phi) is 7.90. The minimum absolute atomic E-state index is 0.134. The minimum Gasteiger partial charge on any atom is -0.492 e. The number of carbonyl (C=O) groups is 1. The first kappa shape index (κ1) is 23.4. The molecular formula is C27H30N2O3. The lowest BCUT2D eigenvalue weighted by atomic mass is 9.76. The van der Waals surface area contributed by atoms with E-state index in [0.29, 0.717) is 29.4 Å². The number of aromatic carboxylic acids is 1. The lowest BCUT2D eigenvalue weighted by Gasteiger charge is -2.29. The van der Waals surface area contributed by atoms with Crippen LogP contribution in [0.25, 0.3) is 11.1 Å². The Morgan fingerprint density at radius 3 is 2.34 bits per heavy atom. The number of unbranched alkanes of at least 4 members (excludes halogenated alkanes) is 1. The van der Waals surface area contributed by atoms with Gasteiger partial charge in [-0.15, -0.1) is 0 Å². The number of hydrogen-bond donors (Lipinski definition) is 1. The van der Waals surface area contributed by atoms with Gasteiger partial charge >= 0.3 is 5.97 Å². The zero-order valence-electron chi connectivity index (χ0n) is 18.9. The molecule has 1 aliphatic carbocycles. The van der Waals surface area contributed by atoms with E-state index in [1.54, 1.807) is 18.2 Å². The maximum atomic E-state index is 12.0. The molecule has 0 saturated heterocycles. The van der Waals surface area contributed by atoms with Crippen LogP contribution >= 0.6 is 0 Å². The van der Waals surface area contributed by atoms with Gasteiger partial charge in [0.15, 0.2) is 0 Å². The normalized spacial score (nSPS) is 17.9. The summed E-state index contributed by atoms with van der Waals surface area (Å²) < 4.78 is 5.51. The number of hydrogen-bond acceptors (Lipinski definition) is 4. The molecule has 0 amide bonds. The van der Waals surface area contributed by atoms with Gasteiger partial charge in [-0.1, -0.05) is 32.3 Å². The van der Waals surface area contributed by atoms with E-state index < -0.39 is 5.97 Å². The summed E-state index contributed by atoms with van der Waals surface area (Å²) in [6, 6.07) is 13.0. The Morgan fingerprint density at radius 2 is 1.75 bits per heavy atom. The summed E-state index contributed by atoms with van der Waals surface area (Å²) in [6.07, 6.45) is 8.39. The summed E-state index contributed by atoms with van der Waals surface area (Å²) in [5.74, 6) is 0.469. The molecule has 3 rings (SSSR count). The second-order valence-electron chi connectivity index (χ2n) is 8.49. The summed E-state index contributed by atoms with van der Waals surface area (Å²) in [7, 11) is 0. The van der Waals surface area contributed by atoms with Gasteiger partial charge in [-0.25, -0.2) is 4.79 Å². The summed E-state index contributed by atoms with van der Waals surface area (Å²) >= 11 is 0. The zero-order chi connectivity index (χ0) is 23.1. The molecule has 0 aliphatic heterocycles. The van der Waals surface area contributed by atoms with Crippen LogP contribution in [0.4, 0.5) is 0 Å². The minimum atomic E-state index is -1.05. The third-order valence-corrected chi connectivity index (χ3v) is 6.54. The maximum Gasteiger partial charge on any atom is 0.336 e. The molecule has 1 N–H and O–H groups in total. The number of benzene rings is 2. The molecule has 0 heterocycles. The van der Waals surface area contributed by atoms with Crippen LogP contribution in [0.2, 0.25) is 0 Å². The quantitative estimate of drug-likeness (QED) is 0.505. The van der Waals surface area contributed by atoms with Gasteiger partial charge in [-0.05, 0) is 79.8 Å². The summed E-state index contributed by atoms with van der Waals surface area (Å²) in [4.78, 5) is 12.0. The fourth-order valence-corrected chi connectivity index (χ4v) is 4.81. The van der Waals surface area contributed by atoms with Crippen molar-refractivity contribution in [1.29, 1.82) is 10.5 Å². The molecule has 5 heteroatoms. The van der Waals surface area contributed by atoms with Crippen LogP contribution in [0, 0.1) is 28.6 Å². The highest BCUT2D eigenvalue weighted by Crippen LogP contribution is 2.40. The van der Waals surface area contributed by atoms with E-state index >= 15 is 0 Å². The molecule has 32 heavy (non-hydrogen) atoms. The second kappa shape index (κ2) is 10.8. The highest BCUT2D eigenvalue weighted by atomic mass is 16.5. The molecule has 0 bridgehead atoms. The maximum absolute atomic E-state index is 12.0. The van der Waals surface area contributed by atoms with Gasteiger partial charge in [0.25, 0.3) is 0 Å². The molecule has 1 fully saturated rings. The fourth-order valence-electron chi connectivity index (χ4n) is 4.81. The molecule has 1 aliphatic rings. The number of rotatable bonds is 8. The van der Waals surface area contributed by atoms with Crippen LogP contribution < -0.4 is 4.74 Å². The highest BCUT2D eigenvalue weighted by Gasteiger charge is 2.25. The second-order valence-corrected chi connectivity index (χ2v) is 8.49. The molecule has 0 unspecified atom stereocenters. The van der Waals surface area contributed by atoms with Gasteiger partial charge in [-0.2, -0.15) is 10.5 Å². The summed E-state index contributed by atoms with van der Waals surface area (Å²) in [6.45, 7) is 4.41. The first-order valence-electron chi connectivity index (χ1n) is 11.5. The van der Waals surface area contributed by atoms with Crippen molar-refractivity contribution in [3.63, 3.8) is 0 Å². The van der Waals surface area contributed by atoms with Crippen molar-refractivity contribution >= 4 is 5.97 Å². The third kappa shape index (κ3) is 4.94. The zero-order valence-corrected chi connectivity index (χ0v) is 18.9. The predicted molar refractivity (Wildman–Crippen MR) is 124 cm³/mol. The average molecular weight is 431 g/mol. The van der Waals surface area contributed by atoms with Crippen molar-refractivity contribution in [2.75, 3.05) is 6.61 Å². The van der Waals surface area contributed by atoms with E-state index in [9.17, 15) is 20.4 Å². The monoisotopic (exact) mass is 430 g/mol. The number of ether oxygens (including phenoxy) is 1. The lowest BCUT2D eigenvalue weighted by Crippen LogP contribution is -2.14. The summed E-state index contributed by atoms with van der Waals surface area (Å²) in [5.41, 5.74) is 2.49. The Labute approximate surface area is 190 Å². The molecule has 0 radical (unpaired) electrons. The average Bonchev–Trinajstić information content (AvgIpc) is 2.82. The van der Waals surface area contributed by atoms with Crippen molar-refractivity contribution in [3.8, 4) is 29.0 Å². The molecule has 5 nitrogen and oxygen atoms in total. The Balaban J connectivity index is 2.01. The molecule has 2 aromatic carbocycles. The van der Waals surface area contributed by atoms with Crippen LogP contribution in [0.1, 0.15) is 91.8 Å². The van der Waals surface area contributed by atoms with Gasteiger partial charge in [0.05, 0.1) is 17.7 Å². The van der Waals surface area contributed by atoms with E-state index in [1.165, 1.54) is 32.1 Å². The van der Waals surface area contributed by atoms with E-state index in [-0.39, 0.29) is 16.7 Å². The van der Waals surface area contributed by atoms with Crippen molar-refractivity contribution < 1.29 is 14.6 Å². The highest BCUT2D eigenvalue weighted by molar-refractivity contribution is 5.97. The Morgan fingerprint density at radius 1 is 1.03 bits per heavy atom. The van der Waals surface area contributed by atoms with Crippen molar-refractivity contribution in [1.82, 2.24) is 0 Å². The van der Waals surface area contributed by atoms with Crippen molar-refractivity contribution in [2.24, 2.45) is 5.92 Å². The predicted octanol–water partition coefficient (Wildman–Crippen LogP) is 6.66. The van der Waals surface area contributed by atoms with Crippen LogP contribution in [0.15, 0.2) is 30.3 Å². The Hall–Kier alpha value is -3.31. The van der Waals surface area contributed by atoms with E-state index in [1.807, 2.05) is 19.1 Å². The number of carboxylic acids is 1. The molecule has 2 aromatic rings. The SMILES string of the molecule is CCCC[C@H]1CC[C@H](c2ccc(C(=O)O)c(-c3ccc(OCC)c(C#N)c3C#N)c2)CC1. The molecule has 0 atom stereocenters. The topological polar surface area (TPSA) is 94.1 Å². The number of nitriles is 2. The standard InChI is InChI=1S/C27H30N2O3/c1-3-5-6-18-7-9-19(10-8-18)20-11-12-22(27(30)31)23(15-20)21-13-14-26(32-4-2)25(17-29)24(21)16-28/h11-15,18-19H,3-10H2,1-2H3,(H,30,31)/t18-,19-. The van der Waals surface area contributed by atoms with Gasteiger partial charge in [0.2, 0.25) is 0 Å². The molecular weight excluding hydrogens is 400 g/mol. The van der Waals surface area contributed by atoms with Gasteiger partial charge < -0.3 is 9.84 Å². The number of carboxylic acid groups (broad SMARTS) is 1. The first-order valence-corrected chi connectivity index (χ1v) is 11.5.